The molecule has 0 bridgehead atoms. The molecule has 0 aromatic heterocycles. The molecule has 0 N–H and O–H groups in total. The number of hydrogen-bond acceptors (Lipinski definition) is 6. The second-order valence-electron chi connectivity index (χ2n) is 6.46. The van der Waals surface area contributed by atoms with Gasteiger partial charge in [-0.25, -0.2) is 4.79 Å². The average Bonchev–Trinajstić information content (AvgIpc) is 2.98. The van der Waals surface area contributed by atoms with Gasteiger partial charge in [0.2, 0.25) is 0 Å². The molecular weight excluding hydrogens is 336 g/mol. The fraction of sp³-hybridized carbons (Fsp3) is 0.550. The summed E-state index contributed by atoms with van der Waals surface area (Å²) in [5, 5.41) is 0. The Morgan fingerprint density at radius 3 is 2.58 bits per heavy atom. The molecule has 2 rings (SSSR count). The molecule has 1 heterocycles. The van der Waals surface area contributed by atoms with Crippen molar-refractivity contribution in [1.82, 2.24) is 0 Å². The predicted molar refractivity (Wildman–Crippen MR) is 97.0 cm³/mol. The maximum absolute atomic E-state index is 12.3. The Hall–Kier alpha value is -1.89. The molecule has 0 unspecified atom stereocenters. The minimum Gasteiger partial charge on any atom is -0.497 e. The molecule has 0 amide bonds. The number of carbonyl (C=O) groups excluding carboxylic acids is 1. The summed E-state index contributed by atoms with van der Waals surface area (Å²) in [6.45, 7) is 9.83. The lowest BCUT2D eigenvalue weighted by atomic mass is 10.0. The van der Waals surface area contributed by atoms with Gasteiger partial charge in [-0.1, -0.05) is 18.2 Å². The third kappa shape index (κ3) is 5.30. The van der Waals surface area contributed by atoms with Gasteiger partial charge in [0, 0.05) is 6.42 Å². The maximum Gasteiger partial charge on any atom is 0.335 e. The lowest BCUT2D eigenvalue weighted by molar-refractivity contribution is -0.177. The van der Waals surface area contributed by atoms with Crippen LogP contribution >= 0.6 is 0 Å². The summed E-state index contributed by atoms with van der Waals surface area (Å²) in [5.74, 6) is -0.370. The first-order valence-corrected chi connectivity index (χ1v) is 8.79. The Morgan fingerprint density at radius 2 is 2.08 bits per heavy atom. The van der Waals surface area contributed by atoms with E-state index in [1.54, 1.807) is 20.1 Å². The second kappa shape index (κ2) is 9.16. The lowest BCUT2D eigenvalue weighted by Gasteiger charge is -2.28. The fourth-order valence-electron chi connectivity index (χ4n) is 2.81. The van der Waals surface area contributed by atoms with E-state index in [1.807, 2.05) is 38.1 Å². The highest BCUT2D eigenvalue weighted by Crippen LogP contribution is 2.35. The maximum atomic E-state index is 12.3. The third-order valence-corrected chi connectivity index (χ3v) is 4.05. The SMILES string of the molecule is C=CC[C@H](O[C@H](c1ccc(OC)cc1)[C@H]1COC(C)(C)O1)C(=O)OCC. The standard InChI is InChI=1S/C20H28O6/c1-6-8-16(19(21)23-7-2)25-18(17-13-24-20(3,4)26-17)14-9-11-15(22-5)12-10-14/h6,9-12,16-18H,1,7-8,13H2,2-5H3/t16-,17+,18+/m0/s1. The van der Waals surface area contributed by atoms with Gasteiger partial charge in [0.15, 0.2) is 11.9 Å². The zero-order valence-electron chi connectivity index (χ0n) is 15.9. The van der Waals surface area contributed by atoms with Gasteiger partial charge in [-0.2, -0.15) is 0 Å². The van der Waals surface area contributed by atoms with Crippen molar-refractivity contribution in [3.63, 3.8) is 0 Å². The summed E-state index contributed by atoms with van der Waals surface area (Å²) < 4.78 is 28.2. The molecule has 6 heteroatoms. The Labute approximate surface area is 155 Å². The van der Waals surface area contributed by atoms with Crippen LogP contribution in [0.3, 0.4) is 0 Å². The lowest BCUT2D eigenvalue weighted by Crippen LogP contribution is -2.34. The highest BCUT2D eigenvalue weighted by molar-refractivity contribution is 5.74. The molecule has 26 heavy (non-hydrogen) atoms. The topological polar surface area (TPSA) is 63.2 Å². The Bertz CT molecular complexity index is 595. The summed E-state index contributed by atoms with van der Waals surface area (Å²) in [6, 6.07) is 7.49. The van der Waals surface area contributed by atoms with Crippen molar-refractivity contribution in [2.75, 3.05) is 20.3 Å². The Balaban J connectivity index is 2.26. The molecule has 1 aromatic rings. The van der Waals surface area contributed by atoms with Crippen LogP contribution in [0, 0.1) is 0 Å². The quantitative estimate of drug-likeness (QED) is 0.494. The van der Waals surface area contributed by atoms with E-state index in [0.717, 1.165) is 11.3 Å². The van der Waals surface area contributed by atoms with Crippen molar-refractivity contribution >= 4 is 5.97 Å². The molecule has 1 aliphatic heterocycles. The summed E-state index contributed by atoms with van der Waals surface area (Å²) in [6.07, 6.45) is 0.398. The molecule has 1 aliphatic rings. The summed E-state index contributed by atoms with van der Waals surface area (Å²) in [5.41, 5.74) is 0.871. The van der Waals surface area contributed by atoms with E-state index in [-0.39, 0.29) is 6.10 Å². The van der Waals surface area contributed by atoms with Gasteiger partial charge >= 0.3 is 5.97 Å². The average molecular weight is 364 g/mol. The van der Waals surface area contributed by atoms with E-state index in [1.165, 1.54) is 0 Å². The number of methoxy groups -OCH3 is 1. The van der Waals surface area contributed by atoms with Crippen LogP contribution in [0.1, 0.15) is 38.9 Å². The number of carbonyl (C=O) groups is 1. The minimum absolute atomic E-state index is 0.291. The number of benzene rings is 1. The van der Waals surface area contributed by atoms with Gasteiger partial charge in [-0.3, -0.25) is 0 Å². The largest absolute Gasteiger partial charge is 0.497 e. The molecule has 144 valence electrons. The van der Waals surface area contributed by atoms with E-state index in [2.05, 4.69) is 6.58 Å². The van der Waals surface area contributed by atoms with Crippen molar-refractivity contribution in [2.45, 2.75) is 51.3 Å². The number of ether oxygens (including phenoxy) is 5. The third-order valence-electron chi connectivity index (χ3n) is 4.05. The monoisotopic (exact) mass is 364 g/mol. The van der Waals surface area contributed by atoms with Gasteiger partial charge < -0.3 is 23.7 Å². The first-order chi connectivity index (χ1) is 12.4. The van der Waals surface area contributed by atoms with Crippen LogP contribution in [0.25, 0.3) is 0 Å². The number of rotatable bonds is 9. The molecule has 6 nitrogen and oxygen atoms in total. The molecule has 0 spiro atoms. The molecule has 1 saturated heterocycles. The first kappa shape index (κ1) is 20.4. The predicted octanol–water partition coefficient (Wildman–Crippen LogP) is 3.41. The summed E-state index contributed by atoms with van der Waals surface area (Å²) in [7, 11) is 1.61. The van der Waals surface area contributed by atoms with E-state index >= 15 is 0 Å². The van der Waals surface area contributed by atoms with Gasteiger partial charge in [0.1, 0.15) is 18.0 Å². The molecule has 0 aliphatic carbocycles. The van der Waals surface area contributed by atoms with Crippen molar-refractivity contribution in [3.05, 3.63) is 42.5 Å². The number of hydrogen-bond donors (Lipinski definition) is 0. The highest BCUT2D eigenvalue weighted by atomic mass is 16.7. The minimum atomic E-state index is -0.758. The number of esters is 1. The van der Waals surface area contributed by atoms with Crippen molar-refractivity contribution in [1.29, 1.82) is 0 Å². The molecular formula is C20H28O6. The molecule has 0 saturated carbocycles. The fourth-order valence-corrected chi connectivity index (χ4v) is 2.81. The van der Waals surface area contributed by atoms with E-state index < -0.39 is 24.0 Å². The zero-order chi connectivity index (χ0) is 19.2. The second-order valence-corrected chi connectivity index (χ2v) is 6.46. The van der Waals surface area contributed by atoms with Gasteiger partial charge in [0.05, 0.1) is 20.3 Å². The van der Waals surface area contributed by atoms with Crippen LogP contribution in [0.4, 0.5) is 0 Å². The zero-order valence-corrected chi connectivity index (χ0v) is 15.9. The Morgan fingerprint density at radius 1 is 1.38 bits per heavy atom. The van der Waals surface area contributed by atoms with Crippen LogP contribution in [0.15, 0.2) is 36.9 Å². The first-order valence-electron chi connectivity index (χ1n) is 8.79. The van der Waals surface area contributed by atoms with E-state index in [9.17, 15) is 4.79 Å². The van der Waals surface area contributed by atoms with Crippen LogP contribution in [-0.4, -0.2) is 44.3 Å². The van der Waals surface area contributed by atoms with E-state index in [4.69, 9.17) is 23.7 Å². The molecule has 1 aromatic carbocycles. The molecule has 3 atom stereocenters. The van der Waals surface area contributed by atoms with Crippen molar-refractivity contribution < 1.29 is 28.5 Å². The van der Waals surface area contributed by atoms with Crippen molar-refractivity contribution in [3.8, 4) is 5.75 Å². The van der Waals surface area contributed by atoms with Crippen LogP contribution in [-0.2, 0) is 23.7 Å². The van der Waals surface area contributed by atoms with Gasteiger partial charge in [-0.05, 0) is 38.5 Å². The van der Waals surface area contributed by atoms with Crippen LogP contribution in [0.2, 0.25) is 0 Å². The normalized spacial score (nSPS) is 21.0. The Kier molecular flexibility index (Phi) is 7.20. The van der Waals surface area contributed by atoms with Crippen LogP contribution in [0.5, 0.6) is 5.75 Å². The summed E-state index contributed by atoms with van der Waals surface area (Å²) >= 11 is 0. The highest BCUT2D eigenvalue weighted by Gasteiger charge is 2.40. The van der Waals surface area contributed by atoms with Crippen LogP contribution < -0.4 is 4.74 Å². The van der Waals surface area contributed by atoms with E-state index in [0.29, 0.717) is 19.6 Å². The summed E-state index contributed by atoms with van der Waals surface area (Å²) in [4.78, 5) is 12.3. The van der Waals surface area contributed by atoms with Crippen molar-refractivity contribution in [2.24, 2.45) is 0 Å². The smallest absolute Gasteiger partial charge is 0.335 e. The molecule has 0 radical (unpaired) electrons. The van der Waals surface area contributed by atoms with Gasteiger partial charge in [-0.15, -0.1) is 6.58 Å². The van der Waals surface area contributed by atoms with Gasteiger partial charge in [0.25, 0.3) is 0 Å². The molecule has 1 fully saturated rings.